The molecule has 4 nitrogen and oxygen atoms in total. The average molecular weight is 260 g/mol. The summed E-state index contributed by atoms with van der Waals surface area (Å²) in [5.74, 6) is -0.748. The Morgan fingerprint density at radius 3 is 2.47 bits per heavy atom. The van der Waals surface area contributed by atoms with Crippen LogP contribution < -0.4 is 0 Å². The van der Waals surface area contributed by atoms with Crippen molar-refractivity contribution in [2.24, 2.45) is 0 Å². The number of carbonyl (C=O) groups is 1. The Kier molecular flexibility index (Phi) is 6.04. The second-order valence-electron chi connectivity index (χ2n) is 4.87. The number of carboxylic acids is 1. The molecule has 0 aromatic heterocycles. The number of rotatable bonds is 7. The molecule has 0 heterocycles. The summed E-state index contributed by atoms with van der Waals surface area (Å²) in [6.07, 6.45) is 0.861. The summed E-state index contributed by atoms with van der Waals surface area (Å²) in [5, 5.41) is 17.4. The summed E-state index contributed by atoms with van der Waals surface area (Å²) in [6.45, 7) is 5.75. The van der Waals surface area contributed by atoms with Gasteiger partial charge < -0.3 is 5.11 Å². The van der Waals surface area contributed by atoms with E-state index in [0.29, 0.717) is 18.0 Å². The molecule has 4 heteroatoms. The van der Waals surface area contributed by atoms with E-state index in [1.54, 1.807) is 0 Å². The van der Waals surface area contributed by atoms with Crippen LogP contribution in [-0.2, 0) is 11.3 Å². The SMILES string of the molecule is CC(C)N(CCCC(=O)O)Cc1ccc(C#N)cc1. The van der Waals surface area contributed by atoms with E-state index in [-0.39, 0.29) is 6.42 Å². The van der Waals surface area contributed by atoms with Gasteiger partial charge in [-0.1, -0.05) is 12.1 Å². The second-order valence-corrected chi connectivity index (χ2v) is 4.87. The topological polar surface area (TPSA) is 64.3 Å². The second kappa shape index (κ2) is 7.55. The van der Waals surface area contributed by atoms with Crippen molar-refractivity contribution in [2.75, 3.05) is 6.54 Å². The van der Waals surface area contributed by atoms with Crippen molar-refractivity contribution in [3.8, 4) is 6.07 Å². The molecule has 0 radical (unpaired) electrons. The zero-order valence-corrected chi connectivity index (χ0v) is 11.5. The maximum absolute atomic E-state index is 10.5. The van der Waals surface area contributed by atoms with Gasteiger partial charge >= 0.3 is 5.97 Å². The van der Waals surface area contributed by atoms with Crippen molar-refractivity contribution in [1.29, 1.82) is 5.26 Å². The smallest absolute Gasteiger partial charge is 0.303 e. The molecule has 0 aliphatic rings. The minimum Gasteiger partial charge on any atom is -0.481 e. The highest BCUT2D eigenvalue weighted by Gasteiger charge is 2.10. The molecule has 0 fully saturated rings. The number of nitrogens with zero attached hydrogens (tertiary/aromatic N) is 2. The Morgan fingerprint density at radius 2 is 2.00 bits per heavy atom. The Hall–Kier alpha value is -1.86. The van der Waals surface area contributed by atoms with Gasteiger partial charge in [-0.25, -0.2) is 0 Å². The number of hydrogen-bond donors (Lipinski definition) is 1. The maximum atomic E-state index is 10.5. The van der Waals surface area contributed by atoms with Crippen LogP contribution in [0.25, 0.3) is 0 Å². The number of benzene rings is 1. The highest BCUT2D eigenvalue weighted by atomic mass is 16.4. The summed E-state index contributed by atoms with van der Waals surface area (Å²) in [6, 6.07) is 9.98. The van der Waals surface area contributed by atoms with E-state index >= 15 is 0 Å². The van der Waals surface area contributed by atoms with Crippen LogP contribution in [0.3, 0.4) is 0 Å². The van der Waals surface area contributed by atoms with E-state index in [2.05, 4.69) is 24.8 Å². The molecule has 0 spiro atoms. The van der Waals surface area contributed by atoms with Gasteiger partial charge in [-0.05, 0) is 44.5 Å². The van der Waals surface area contributed by atoms with Crippen molar-refractivity contribution in [2.45, 2.75) is 39.3 Å². The van der Waals surface area contributed by atoms with Crippen LogP contribution in [0.4, 0.5) is 0 Å². The quantitative estimate of drug-likeness (QED) is 0.818. The Labute approximate surface area is 114 Å². The van der Waals surface area contributed by atoms with Crippen LogP contribution >= 0.6 is 0 Å². The molecule has 0 unspecified atom stereocenters. The van der Waals surface area contributed by atoms with Gasteiger partial charge in [0.15, 0.2) is 0 Å². The first-order valence-electron chi connectivity index (χ1n) is 6.48. The van der Waals surface area contributed by atoms with Gasteiger partial charge in [0.1, 0.15) is 0 Å². The maximum Gasteiger partial charge on any atom is 0.303 e. The molecule has 0 saturated carbocycles. The van der Waals surface area contributed by atoms with Gasteiger partial charge in [0, 0.05) is 19.0 Å². The number of aliphatic carboxylic acids is 1. The van der Waals surface area contributed by atoms with E-state index in [4.69, 9.17) is 10.4 Å². The molecule has 0 bridgehead atoms. The van der Waals surface area contributed by atoms with E-state index < -0.39 is 5.97 Å². The first-order valence-corrected chi connectivity index (χ1v) is 6.48. The molecule has 1 N–H and O–H groups in total. The van der Waals surface area contributed by atoms with Gasteiger partial charge in [0.25, 0.3) is 0 Å². The first-order chi connectivity index (χ1) is 9.02. The largest absolute Gasteiger partial charge is 0.481 e. The molecule has 1 aromatic rings. The zero-order chi connectivity index (χ0) is 14.3. The Bertz CT molecular complexity index is 446. The van der Waals surface area contributed by atoms with Gasteiger partial charge in [-0.15, -0.1) is 0 Å². The lowest BCUT2D eigenvalue weighted by Crippen LogP contribution is -2.31. The lowest BCUT2D eigenvalue weighted by Gasteiger charge is -2.26. The van der Waals surface area contributed by atoms with Gasteiger partial charge in [-0.2, -0.15) is 5.26 Å². The molecule has 0 aliphatic heterocycles. The number of hydrogen-bond acceptors (Lipinski definition) is 3. The van der Waals surface area contributed by atoms with Crippen molar-refractivity contribution in [3.05, 3.63) is 35.4 Å². The standard InChI is InChI=1S/C15H20N2O2/c1-12(2)17(9-3-4-15(18)19)11-14-7-5-13(10-16)6-8-14/h5-8,12H,3-4,9,11H2,1-2H3,(H,18,19). The Morgan fingerprint density at radius 1 is 1.37 bits per heavy atom. The van der Waals surface area contributed by atoms with Crippen LogP contribution in [0.2, 0.25) is 0 Å². The van der Waals surface area contributed by atoms with Crippen molar-refractivity contribution >= 4 is 5.97 Å². The minimum atomic E-state index is -0.748. The van der Waals surface area contributed by atoms with Crippen molar-refractivity contribution in [1.82, 2.24) is 4.90 Å². The zero-order valence-electron chi connectivity index (χ0n) is 11.5. The van der Waals surface area contributed by atoms with Gasteiger partial charge in [0.2, 0.25) is 0 Å². The fourth-order valence-corrected chi connectivity index (χ4v) is 1.87. The highest BCUT2D eigenvalue weighted by Crippen LogP contribution is 2.11. The van der Waals surface area contributed by atoms with Gasteiger partial charge in [0.05, 0.1) is 11.6 Å². The molecule has 0 amide bonds. The van der Waals surface area contributed by atoms with E-state index in [0.717, 1.165) is 18.7 Å². The molecular formula is C15H20N2O2. The van der Waals surface area contributed by atoms with Crippen molar-refractivity contribution < 1.29 is 9.90 Å². The molecule has 19 heavy (non-hydrogen) atoms. The molecule has 1 aromatic carbocycles. The minimum absolute atomic E-state index is 0.205. The molecule has 0 aliphatic carbocycles. The average Bonchev–Trinajstić information content (AvgIpc) is 2.37. The Balaban J connectivity index is 2.57. The van der Waals surface area contributed by atoms with Crippen LogP contribution in [0, 0.1) is 11.3 Å². The highest BCUT2D eigenvalue weighted by molar-refractivity contribution is 5.66. The first kappa shape index (κ1) is 15.2. The summed E-state index contributed by atoms with van der Waals surface area (Å²) >= 11 is 0. The van der Waals surface area contributed by atoms with Crippen molar-refractivity contribution in [3.63, 3.8) is 0 Å². The lowest BCUT2D eigenvalue weighted by molar-refractivity contribution is -0.137. The molecule has 1 rings (SSSR count). The van der Waals surface area contributed by atoms with Crippen LogP contribution in [0.5, 0.6) is 0 Å². The summed E-state index contributed by atoms with van der Waals surface area (Å²) in [5.41, 5.74) is 1.80. The van der Waals surface area contributed by atoms with E-state index in [9.17, 15) is 4.79 Å². The number of carboxylic acid groups (broad SMARTS) is 1. The third-order valence-electron chi connectivity index (χ3n) is 3.03. The van der Waals surface area contributed by atoms with Gasteiger partial charge in [-0.3, -0.25) is 9.69 Å². The predicted molar refractivity (Wildman–Crippen MR) is 73.6 cm³/mol. The molecule has 0 saturated heterocycles. The number of nitriles is 1. The molecular weight excluding hydrogens is 240 g/mol. The normalized spacial score (nSPS) is 10.7. The lowest BCUT2D eigenvalue weighted by atomic mass is 10.1. The third-order valence-corrected chi connectivity index (χ3v) is 3.03. The summed E-state index contributed by atoms with van der Waals surface area (Å²) in [4.78, 5) is 12.8. The van der Waals surface area contributed by atoms with E-state index in [1.165, 1.54) is 0 Å². The van der Waals surface area contributed by atoms with Crippen LogP contribution in [0.1, 0.15) is 37.8 Å². The summed E-state index contributed by atoms with van der Waals surface area (Å²) < 4.78 is 0. The molecule has 102 valence electrons. The van der Waals surface area contributed by atoms with Crippen LogP contribution in [0.15, 0.2) is 24.3 Å². The monoisotopic (exact) mass is 260 g/mol. The fraction of sp³-hybridized carbons (Fsp3) is 0.467. The predicted octanol–water partition coefficient (Wildman–Crippen LogP) is 2.63. The van der Waals surface area contributed by atoms with Crippen LogP contribution in [-0.4, -0.2) is 28.6 Å². The third kappa shape index (κ3) is 5.54. The fourth-order valence-electron chi connectivity index (χ4n) is 1.87. The summed E-state index contributed by atoms with van der Waals surface area (Å²) in [7, 11) is 0. The molecule has 0 atom stereocenters. The van der Waals surface area contributed by atoms with E-state index in [1.807, 2.05) is 24.3 Å².